The Morgan fingerprint density at radius 1 is 1.19 bits per heavy atom. The highest BCUT2D eigenvalue weighted by Gasteiger charge is 2.36. The van der Waals surface area contributed by atoms with Crippen LogP contribution in [0.3, 0.4) is 0 Å². The van der Waals surface area contributed by atoms with Gasteiger partial charge in [-0.2, -0.15) is 4.98 Å². The van der Waals surface area contributed by atoms with E-state index in [1.54, 1.807) is 12.4 Å². The lowest BCUT2D eigenvalue weighted by molar-refractivity contribution is 0.164. The second-order valence-electron chi connectivity index (χ2n) is 6.78. The van der Waals surface area contributed by atoms with Gasteiger partial charge >= 0.3 is 0 Å². The topological polar surface area (TPSA) is 88.4 Å². The maximum Gasteiger partial charge on any atom is 0.244 e. The number of hydrogen-bond donors (Lipinski definition) is 1. The highest BCUT2D eigenvalue weighted by molar-refractivity contribution is 5.77. The van der Waals surface area contributed by atoms with Crippen LogP contribution < -0.4 is 0 Å². The molecular formula is C20H18N4O3. The molecule has 0 bridgehead atoms. The van der Waals surface area contributed by atoms with Crippen molar-refractivity contribution >= 4 is 11.0 Å². The summed E-state index contributed by atoms with van der Waals surface area (Å²) in [6, 6.07) is 13.5. The third kappa shape index (κ3) is 3.11. The van der Waals surface area contributed by atoms with Gasteiger partial charge in [-0.1, -0.05) is 23.4 Å². The van der Waals surface area contributed by atoms with E-state index in [-0.39, 0.29) is 6.04 Å². The number of fused-ring (bicyclic) bond motifs is 1. The minimum absolute atomic E-state index is 0.147. The van der Waals surface area contributed by atoms with Gasteiger partial charge in [-0.15, -0.1) is 0 Å². The zero-order valence-electron chi connectivity index (χ0n) is 14.5. The molecular weight excluding hydrogens is 344 g/mol. The van der Waals surface area contributed by atoms with Crippen LogP contribution in [0.15, 0.2) is 63.8 Å². The van der Waals surface area contributed by atoms with Crippen LogP contribution in [0, 0.1) is 0 Å². The molecule has 1 saturated heterocycles. The quantitative estimate of drug-likeness (QED) is 0.596. The summed E-state index contributed by atoms with van der Waals surface area (Å²) in [4.78, 5) is 10.7. The van der Waals surface area contributed by atoms with Crippen molar-refractivity contribution in [2.45, 2.75) is 25.1 Å². The molecule has 1 fully saturated rings. The normalized spacial score (nSPS) is 20.5. The fourth-order valence-corrected chi connectivity index (χ4v) is 3.61. The van der Waals surface area contributed by atoms with Gasteiger partial charge in [-0.05, 0) is 30.7 Å². The van der Waals surface area contributed by atoms with E-state index < -0.39 is 6.10 Å². The van der Waals surface area contributed by atoms with Crippen LogP contribution in [0.2, 0.25) is 0 Å². The molecule has 0 aliphatic carbocycles. The zero-order chi connectivity index (χ0) is 18.2. The largest absolute Gasteiger partial charge is 0.460 e. The van der Waals surface area contributed by atoms with Gasteiger partial charge in [0.05, 0.1) is 18.7 Å². The maximum absolute atomic E-state index is 10.2. The summed E-state index contributed by atoms with van der Waals surface area (Å²) in [6.07, 6.45) is 3.51. The average molecular weight is 362 g/mol. The summed E-state index contributed by atoms with van der Waals surface area (Å²) in [5.41, 5.74) is 1.66. The Hall–Kier alpha value is -3.03. The van der Waals surface area contributed by atoms with E-state index in [0.717, 1.165) is 22.3 Å². The van der Waals surface area contributed by atoms with Crippen LogP contribution in [-0.4, -0.2) is 37.8 Å². The molecule has 0 radical (unpaired) electrons. The second kappa shape index (κ2) is 6.61. The zero-order valence-corrected chi connectivity index (χ0v) is 14.5. The van der Waals surface area contributed by atoms with Crippen LogP contribution >= 0.6 is 0 Å². The number of nitrogens with zero attached hydrogens (tertiary/aromatic N) is 4. The molecule has 0 amide bonds. The smallest absolute Gasteiger partial charge is 0.244 e. The third-order valence-electron chi connectivity index (χ3n) is 4.86. The summed E-state index contributed by atoms with van der Waals surface area (Å²) >= 11 is 0. The fraction of sp³-hybridized carbons (Fsp3) is 0.250. The Morgan fingerprint density at radius 2 is 2.11 bits per heavy atom. The lowest BCUT2D eigenvalue weighted by atomic mass is 10.2. The van der Waals surface area contributed by atoms with E-state index in [2.05, 4.69) is 20.0 Å². The first-order chi connectivity index (χ1) is 13.3. The van der Waals surface area contributed by atoms with Crippen molar-refractivity contribution in [1.82, 2.24) is 20.0 Å². The number of β-amino-alcohol motifs (C(OH)–C–C–N with tert-alkyl or cyclic N) is 1. The Kier molecular flexibility index (Phi) is 3.95. The van der Waals surface area contributed by atoms with Crippen molar-refractivity contribution in [3.63, 3.8) is 0 Å². The number of pyridine rings is 1. The van der Waals surface area contributed by atoms with E-state index >= 15 is 0 Å². The standard InChI is InChI=1S/C20H18N4O3/c25-15-9-17(20-22-19(23-27-20)14-5-3-7-21-10-14)24(11-15)12-16-8-13-4-1-2-6-18(13)26-16/h1-8,10,15,17,25H,9,11-12H2/t15-,17+/m1/s1. The van der Waals surface area contributed by atoms with Crippen molar-refractivity contribution in [1.29, 1.82) is 0 Å². The van der Waals surface area contributed by atoms with Gasteiger partial charge in [0.25, 0.3) is 0 Å². The number of aromatic nitrogens is 3. The summed E-state index contributed by atoms with van der Waals surface area (Å²) in [5.74, 6) is 1.85. The van der Waals surface area contributed by atoms with Gasteiger partial charge in [-0.25, -0.2) is 0 Å². The first-order valence-corrected chi connectivity index (χ1v) is 8.90. The van der Waals surface area contributed by atoms with Gasteiger partial charge in [0.15, 0.2) is 0 Å². The van der Waals surface area contributed by atoms with E-state index in [9.17, 15) is 5.11 Å². The molecule has 1 aliphatic rings. The van der Waals surface area contributed by atoms with Crippen molar-refractivity contribution in [3.05, 3.63) is 66.5 Å². The number of aliphatic hydroxyl groups is 1. The first kappa shape index (κ1) is 16.2. The molecule has 7 nitrogen and oxygen atoms in total. The summed E-state index contributed by atoms with van der Waals surface area (Å²) < 4.78 is 11.4. The van der Waals surface area contributed by atoms with Gasteiger partial charge in [0.2, 0.25) is 11.7 Å². The number of likely N-dealkylation sites (tertiary alicyclic amines) is 1. The summed E-state index contributed by atoms with van der Waals surface area (Å²) in [6.45, 7) is 1.10. The van der Waals surface area contributed by atoms with Gasteiger partial charge < -0.3 is 14.0 Å². The van der Waals surface area contributed by atoms with Crippen LogP contribution in [0.1, 0.15) is 24.1 Å². The Morgan fingerprint density at radius 3 is 2.96 bits per heavy atom. The van der Waals surface area contributed by atoms with E-state index in [4.69, 9.17) is 8.94 Å². The van der Waals surface area contributed by atoms with Crippen molar-refractivity contribution in [2.24, 2.45) is 0 Å². The molecule has 7 heteroatoms. The number of aliphatic hydroxyl groups excluding tert-OH is 1. The third-order valence-corrected chi connectivity index (χ3v) is 4.86. The molecule has 0 spiro atoms. The summed E-state index contributed by atoms with van der Waals surface area (Å²) in [7, 11) is 0. The van der Waals surface area contributed by atoms with Crippen molar-refractivity contribution < 1.29 is 14.0 Å². The van der Waals surface area contributed by atoms with Gasteiger partial charge in [0, 0.05) is 29.9 Å². The Bertz CT molecular complexity index is 1030. The van der Waals surface area contributed by atoms with Gasteiger partial charge in [-0.3, -0.25) is 9.88 Å². The lowest BCUT2D eigenvalue weighted by Gasteiger charge is -2.19. The van der Waals surface area contributed by atoms with Crippen molar-refractivity contribution in [3.8, 4) is 11.4 Å². The summed E-state index contributed by atoms with van der Waals surface area (Å²) in [5, 5.41) is 15.3. The first-order valence-electron chi connectivity index (χ1n) is 8.90. The molecule has 5 rings (SSSR count). The molecule has 27 heavy (non-hydrogen) atoms. The molecule has 0 saturated carbocycles. The number of benzene rings is 1. The predicted molar refractivity (Wildman–Crippen MR) is 97.5 cm³/mol. The fourth-order valence-electron chi connectivity index (χ4n) is 3.61. The molecule has 4 aromatic rings. The molecule has 136 valence electrons. The molecule has 4 heterocycles. The lowest BCUT2D eigenvalue weighted by Crippen LogP contribution is -2.24. The highest BCUT2D eigenvalue weighted by Crippen LogP contribution is 2.34. The molecule has 1 N–H and O–H groups in total. The minimum Gasteiger partial charge on any atom is -0.460 e. The van der Waals surface area contributed by atoms with Crippen LogP contribution in [0.4, 0.5) is 0 Å². The molecule has 3 aromatic heterocycles. The predicted octanol–water partition coefficient (Wildman–Crippen LogP) is 3.19. The molecule has 1 aromatic carbocycles. The number of para-hydroxylation sites is 1. The number of rotatable bonds is 4. The van der Waals surface area contributed by atoms with Crippen molar-refractivity contribution in [2.75, 3.05) is 6.54 Å². The number of hydrogen-bond acceptors (Lipinski definition) is 7. The Balaban J connectivity index is 1.40. The van der Waals surface area contributed by atoms with Crippen LogP contribution in [0.5, 0.6) is 0 Å². The van der Waals surface area contributed by atoms with Gasteiger partial charge in [0.1, 0.15) is 11.3 Å². The number of furan rings is 1. The Labute approximate surface area is 155 Å². The molecule has 0 unspecified atom stereocenters. The van der Waals surface area contributed by atoms with E-state index in [1.165, 1.54) is 0 Å². The average Bonchev–Trinajstić information content (AvgIpc) is 3.40. The highest BCUT2D eigenvalue weighted by atomic mass is 16.5. The van der Waals surface area contributed by atoms with Crippen LogP contribution in [-0.2, 0) is 6.54 Å². The maximum atomic E-state index is 10.2. The van der Waals surface area contributed by atoms with E-state index in [1.807, 2.05) is 42.5 Å². The van der Waals surface area contributed by atoms with E-state index in [0.29, 0.717) is 31.2 Å². The minimum atomic E-state index is -0.437. The van der Waals surface area contributed by atoms with Crippen LogP contribution in [0.25, 0.3) is 22.4 Å². The molecule has 1 aliphatic heterocycles. The SMILES string of the molecule is O[C@@H]1C[C@@H](c2nc(-c3cccnc3)no2)N(Cc2cc3ccccc3o2)C1. The second-order valence-corrected chi connectivity index (χ2v) is 6.78. The monoisotopic (exact) mass is 362 g/mol. The molecule has 2 atom stereocenters.